The van der Waals surface area contributed by atoms with Gasteiger partial charge in [-0.2, -0.15) is 10.1 Å². The Morgan fingerprint density at radius 1 is 1.30 bits per heavy atom. The molecule has 0 atom stereocenters. The zero-order valence-electron chi connectivity index (χ0n) is 10.0. The number of ether oxygens (including phenoxy) is 1. The lowest BCUT2D eigenvalue weighted by Crippen LogP contribution is -2.01. The molecule has 1 N–H and O–H groups in total. The molecular weight excluding hydrogens is 265 g/mol. The van der Waals surface area contributed by atoms with E-state index in [-0.39, 0.29) is 17.2 Å². The number of nitrogens with zero attached hydrogens (tertiary/aromatic N) is 3. The van der Waals surface area contributed by atoms with Crippen molar-refractivity contribution in [3.8, 4) is 11.6 Å². The van der Waals surface area contributed by atoms with Crippen molar-refractivity contribution >= 4 is 11.6 Å². The Balaban J connectivity index is 2.01. The molecule has 0 saturated carbocycles. The van der Waals surface area contributed by atoms with Gasteiger partial charge in [0.25, 0.3) is 0 Å². The highest BCUT2D eigenvalue weighted by Crippen LogP contribution is 2.25. The van der Waals surface area contributed by atoms with Gasteiger partial charge in [-0.3, -0.25) is 0 Å². The zero-order valence-corrected chi connectivity index (χ0v) is 10.0. The number of carboxylic acid groups (broad SMARTS) is 1. The molecule has 0 aliphatic carbocycles. The Bertz CT molecular complexity index is 800. The summed E-state index contributed by atoms with van der Waals surface area (Å²) in [7, 11) is 0. The van der Waals surface area contributed by atoms with Crippen LogP contribution >= 0.6 is 0 Å². The maximum absolute atomic E-state index is 13.2. The van der Waals surface area contributed by atoms with Gasteiger partial charge >= 0.3 is 5.97 Å². The summed E-state index contributed by atoms with van der Waals surface area (Å²) in [5.74, 6) is -1.74. The van der Waals surface area contributed by atoms with Crippen molar-refractivity contribution < 1.29 is 19.0 Å². The highest BCUT2D eigenvalue weighted by Gasteiger charge is 2.14. The third kappa shape index (κ3) is 2.16. The van der Waals surface area contributed by atoms with Crippen molar-refractivity contribution in [3.63, 3.8) is 0 Å². The van der Waals surface area contributed by atoms with Crippen molar-refractivity contribution in [1.29, 1.82) is 0 Å². The number of rotatable bonds is 3. The molecular formula is C13H8FN3O3. The first kappa shape index (κ1) is 12.1. The SMILES string of the molecule is O=C(O)c1ccc(F)cc1Oc1ccn2nccc2n1. The second-order valence-corrected chi connectivity index (χ2v) is 3.95. The predicted octanol–water partition coefficient (Wildman–Crippen LogP) is 2.36. The van der Waals surface area contributed by atoms with Gasteiger partial charge in [-0.25, -0.2) is 13.7 Å². The van der Waals surface area contributed by atoms with Gasteiger partial charge in [0.1, 0.15) is 17.1 Å². The number of benzene rings is 1. The minimum absolute atomic E-state index is 0.103. The molecule has 3 aromatic rings. The van der Waals surface area contributed by atoms with Gasteiger partial charge in [0.05, 0.1) is 6.20 Å². The third-order valence-corrected chi connectivity index (χ3v) is 2.62. The molecule has 6 nitrogen and oxygen atoms in total. The number of hydrogen-bond donors (Lipinski definition) is 1. The van der Waals surface area contributed by atoms with Crippen molar-refractivity contribution in [1.82, 2.24) is 14.6 Å². The standard InChI is InChI=1S/C13H8FN3O3/c14-8-1-2-9(13(18)19)10(7-8)20-12-4-6-17-11(16-12)3-5-15-17/h1-7H,(H,18,19). The van der Waals surface area contributed by atoms with E-state index in [1.54, 1.807) is 18.5 Å². The molecule has 2 heterocycles. The van der Waals surface area contributed by atoms with E-state index in [9.17, 15) is 9.18 Å². The molecule has 0 spiro atoms. The Labute approximate surface area is 112 Å². The fourth-order valence-corrected chi connectivity index (χ4v) is 1.72. The van der Waals surface area contributed by atoms with Crippen LogP contribution < -0.4 is 4.74 Å². The van der Waals surface area contributed by atoms with Gasteiger partial charge in [0.2, 0.25) is 5.88 Å². The van der Waals surface area contributed by atoms with Crippen molar-refractivity contribution in [2.75, 3.05) is 0 Å². The number of carboxylic acids is 1. The van der Waals surface area contributed by atoms with Gasteiger partial charge in [0, 0.05) is 24.4 Å². The van der Waals surface area contributed by atoms with E-state index in [0.29, 0.717) is 5.65 Å². The van der Waals surface area contributed by atoms with Crippen molar-refractivity contribution in [3.05, 3.63) is 54.1 Å². The van der Waals surface area contributed by atoms with E-state index < -0.39 is 11.8 Å². The lowest BCUT2D eigenvalue weighted by molar-refractivity contribution is 0.0694. The molecule has 7 heteroatoms. The fourth-order valence-electron chi connectivity index (χ4n) is 1.72. The van der Waals surface area contributed by atoms with Crippen LogP contribution in [0.25, 0.3) is 5.65 Å². The molecule has 0 radical (unpaired) electrons. The molecule has 0 aliphatic rings. The minimum Gasteiger partial charge on any atom is -0.478 e. The van der Waals surface area contributed by atoms with Gasteiger partial charge in [-0.1, -0.05) is 0 Å². The number of aromatic nitrogens is 3. The van der Waals surface area contributed by atoms with Crippen LogP contribution in [0.5, 0.6) is 11.6 Å². The van der Waals surface area contributed by atoms with Gasteiger partial charge < -0.3 is 9.84 Å². The Hall–Kier alpha value is -2.96. The summed E-state index contributed by atoms with van der Waals surface area (Å²) in [4.78, 5) is 15.2. The topological polar surface area (TPSA) is 76.7 Å². The Morgan fingerprint density at radius 2 is 2.15 bits per heavy atom. The first-order chi connectivity index (χ1) is 9.63. The van der Waals surface area contributed by atoms with Crippen LogP contribution in [0.1, 0.15) is 10.4 Å². The summed E-state index contributed by atoms with van der Waals surface area (Å²) in [6.07, 6.45) is 3.17. The van der Waals surface area contributed by atoms with Crippen LogP contribution in [0.2, 0.25) is 0 Å². The summed E-state index contributed by atoms with van der Waals surface area (Å²) in [6.45, 7) is 0. The van der Waals surface area contributed by atoms with Gasteiger partial charge in [-0.05, 0) is 12.1 Å². The lowest BCUT2D eigenvalue weighted by Gasteiger charge is -2.08. The van der Waals surface area contributed by atoms with Gasteiger partial charge in [-0.15, -0.1) is 0 Å². The minimum atomic E-state index is -1.20. The molecule has 0 fully saturated rings. The molecule has 2 aromatic heterocycles. The molecule has 1 aromatic carbocycles. The second kappa shape index (κ2) is 4.61. The van der Waals surface area contributed by atoms with Crippen LogP contribution in [-0.2, 0) is 0 Å². The van der Waals surface area contributed by atoms with Crippen molar-refractivity contribution in [2.24, 2.45) is 0 Å². The highest BCUT2D eigenvalue weighted by atomic mass is 19.1. The summed E-state index contributed by atoms with van der Waals surface area (Å²) in [5, 5.41) is 13.0. The largest absolute Gasteiger partial charge is 0.478 e. The Kier molecular flexibility index (Phi) is 2.79. The number of halogens is 1. The zero-order chi connectivity index (χ0) is 14.1. The number of aromatic carboxylic acids is 1. The van der Waals surface area contributed by atoms with E-state index in [0.717, 1.165) is 18.2 Å². The summed E-state index contributed by atoms with van der Waals surface area (Å²) >= 11 is 0. The molecule has 0 saturated heterocycles. The van der Waals surface area contributed by atoms with Crippen molar-refractivity contribution in [2.45, 2.75) is 0 Å². The maximum Gasteiger partial charge on any atom is 0.339 e. The maximum atomic E-state index is 13.2. The molecule has 0 amide bonds. The first-order valence-electron chi connectivity index (χ1n) is 5.64. The first-order valence-corrected chi connectivity index (χ1v) is 5.64. The highest BCUT2D eigenvalue weighted by molar-refractivity contribution is 5.90. The van der Waals surface area contributed by atoms with E-state index in [1.165, 1.54) is 10.6 Å². The molecule has 0 unspecified atom stereocenters. The summed E-state index contributed by atoms with van der Waals surface area (Å²) in [6, 6.07) is 6.38. The van der Waals surface area contributed by atoms with Crippen LogP contribution in [0.3, 0.4) is 0 Å². The number of fused-ring (bicyclic) bond motifs is 1. The fraction of sp³-hybridized carbons (Fsp3) is 0. The normalized spacial score (nSPS) is 10.7. The van der Waals surface area contributed by atoms with E-state index in [1.807, 2.05) is 0 Å². The quantitative estimate of drug-likeness (QED) is 0.792. The monoisotopic (exact) mass is 273 g/mol. The van der Waals surface area contributed by atoms with Crippen LogP contribution in [0.4, 0.5) is 4.39 Å². The second-order valence-electron chi connectivity index (χ2n) is 3.95. The van der Waals surface area contributed by atoms with E-state index in [2.05, 4.69) is 10.1 Å². The average molecular weight is 273 g/mol. The molecule has 20 heavy (non-hydrogen) atoms. The number of hydrogen-bond acceptors (Lipinski definition) is 4. The number of carbonyl (C=O) groups is 1. The van der Waals surface area contributed by atoms with E-state index >= 15 is 0 Å². The van der Waals surface area contributed by atoms with Crippen LogP contribution in [-0.4, -0.2) is 25.7 Å². The molecule has 0 aliphatic heterocycles. The molecule has 100 valence electrons. The third-order valence-electron chi connectivity index (χ3n) is 2.62. The molecule has 3 rings (SSSR count). The van der Waals surface area contributed by atoms with Crippen LogP contribution in [0, 0.1) is 5.82 Å². The summed E-state index contributed by atoms with van der Waals surface area (Å²) in [5.41, 5.74) is 0.400. The summed E-state index contributed by atoms with van der Waals surface area (Å²) < 4.78 is 20.1. The smallest absolute Gasteiger partial charge is 0.339 e. The van der Waals surface area contributed by atoms with Gasteiger partial charge in [0.15, 0.2) is 5.65 Å². The Morgan fingerprint density at radius 3 is 2.95 bits per heavy atom. The van der Waals surface area contributed by atoms with E-state index in [4.69, 9.17) is 9.84 Å². The molecule has 0 bridgehead atoms. The lowest BCUT2D eigenvalue weighted by atomic mass is 10.2. The predicted molar refractivity (Wildman–Crippen MR) is 66.4 cm³/mol. The average Bonchev–Trinajstić information content (AvgIpc) is 2.85. The van der Waals surface area contributed by atoms with Crippen LogP contribution in [0.15, 0.2) is 42.7 Å².